The van der Waals surface area contributed by atoms with Crippen molar-refractivity contribution in [3.63, 3.8) is 0 Å². The van der Waals surface area contributed by atoms with Crippen molar-refractivity contribution in [1.29, 1.82) is 0 Å². The van der Waals surface area contributed by atoms with Crippen LogP contribution in [0.1, 0.15) is 35.8 Å². The van der Waals surface area contributed by atoms with E-state index in [-0.39, 0.29) is 5.56 Å². The number of carboxylic acid groups (broad SMARTS) is 1. The Bertz CT molecular complexity index is 613. The number of thiazole rings is 1. The predicted molar refractivity (Wildman–Crippen MR) is 78.4 cm³/mol. The van der Waals surface area contributed by atoms with E-state index in [1.54, 1.807) is 6.20 Å². The molecule has 7 heteroatoms. The van der Waals surface area contributed by atoms with Crippen LogP contribution in [0.3, 0.4) is 0 Å². The van der Waals surface area contributed by atoms with Gasteiger partial charge in [0.05, 0.1) is 5.69 Å². The Labute approximate surface area is 122 Å². The summed E-state index contributed by atoms with van der Waals surface area (Å²) in [5.74, 6) is -0.402. The molecule has 19 heavy (non-hydrogen) atoms. The summed E-state index contributed by atoms with van der Waals surface area (Å²) >= 11 is 4.64. The minimum Gasteiger partial charge on any atom is -0.478 e. The van der Waals surface area contributed by atoms with Crippen LogP contribution < -0.4 is 5.32 Å². The molecule has 2 aromatic rings. The molecule has 0 radical (unpaired) electrons. The zero-order chi connectivity index (χ0) is 14.0. The fourth-order valence-corrected chi connectivity index (χ4v) is 2.61. The van der Waals surface area contributed by atoms with Gasteiger partial charge in [-0.05, 0) is 27.9 Å². The lowest BCUT2D eigenvalue weighted by Crippen LogP contribution is -2.05. The number of carbonyl (C=O) groups is 1. The van der Waals surface area contributed by atoms with Crippen molar-refractivity contribution in [1.82, 2.24) is 9.97 Å². The number of nitrogens with one attached hydrogen (secondary N) is 1. The number of rotatable bonds is 4. The summed E-state index contributed by atoms with van der Waals surface area (Å²) in [5, 5.41) is 14.7. The summed E-state index contributed by atoms with van der Waals surface area (Å²) in [7, 11) is 0. The highest BCUT2D eigenvalue weighted by molar-refractivity contribution is 9.10. The highest BCUT2D eigenvalue weighted by Gasteiger charge is 2.14. The number of pyridine rings is 1. The number of anilines is 2. The molecule has 2 aromatic heterocycles. The van der Waals surface area contributed by atoms with Gasteiger partial charge in [0, 0.05) is 16.0 Å². The Balaban J connectivity index is 2.29. The van der Waals surface area contributed by atoms with Gasteiger partial charge in [-0.15, -0.1) is 11.3 Å². The van der Waals surface area contributed by atoms with Gasteiger partial charge < -0.3 is 10.4 Å². The quantitative estimate of drug-likeness (QED) is 0.882. The van der Waals surface area contributed by atoms with Crippen LogP contribution in [0.15, 0.2) is 22.1 Å². The van der Waals surface area contributed by atoms with Crippen molar-refractivity contribution in [3.8, 4) is 0 Å². The molecular formula is C12H12BrN3O2S. The van der Waals surface area contributed by atoms with Crippen molar-refractivity contribution in [2.45, 2.75) is 19.8 Å². The van der Waals surface area contributed by atoms with Crippen LogP contribution in [-0.4, -0.2) is 21.0 Å². The largest absolute Gasteiger partial charge is 0.478 e. The van der Waals surface area contributed by atoms with Crippen LogP contribution >= 0.6 is 27.3 Å². The number of hydrogen-bond acceptors (Lipinski definition) is 5. The van der Waals surface area contributed by atoms with Gasteiger partial charge in [0.1, 0.15) is 11.4 Å². The van der Waals surface area contributed by atoms with Gasteiger partial charge in [-0.1, -0.05) is 13.8 Å². The van der Waals surface area contributed by atoms with Crippen LogP contribution in [0.5, 0.6) is 0 Å². The monoisotopic (exact) mass is 341 g/mol. The SMILES string of the molecule is CC(C)c1csc(Nc2ncc(Br)cc2C(=O)O)n1. The number of carboxylic acids is 1. The molecule has 2 N–H and O–H groups in total. The van der Waals surface area contributed by atoms with Gasteiger partial charge in [0.2, 0.25) is 0 Å². The molecule has 2 rings (SSSR count). The number of hydrogen-bond donors (Lipinski definition) is 2. The van der Waals surface area contributed by atoms with Crippen molar-refractivity contribution >= 4 is 44.2 Å². The molecule has 0 aromatic carbocycles. The molecule has 0 bridgehead atoms. The maximum atomic E-state index is 11.2. The van der Waals surface area contributed by atoms with Gasteiger partial charge in [-0.3, -0.25) is 0 Å². The van der Waals surface area contributed by atoms with Crippen molar-refractivity contribution in [2.24, 2.45) is 0 Å². The molecule has 0 aliphatic rings. The van der Waals surface area contributed by atoms with E-state index in [0.717, 1.165) is 5.69 Å². The molecule has 0 aliphatic heterocycles. The van der Waals surface area contributed by atoms with E-state index in [0.29, 0.717) is 21.3 Å². The van der Waals surface area contributed by atoms with Gasteiger partial charge in [-0.2, -0.15) is 0 Å². The van der Waals surface area contributed by atoms with E-state index >= 15 is 0 Å². The Hall–Kier alpha value is -1.47. The third-order valence-corrected chi connectivity index (χ3v) is 3.63. The van der Waals surface area contributed by atoms with Crippen LogP contribution in [0.4, 0.5) is 10.9 Å². The molecule has 0 saturated heterocycles. The lowest BCUT2D eigenvalue weighted by Gasteiger charge is -2.06. The highest BCUT2D eigenvalue weighted by Crippen LogP contribution is 2.26. The van der Waals surface area contributed by atoms with Crippen molar-refractivity contribution in [3.05, 3.63) is 33.4 Å². The zero-order valence-electron chi connectivity index (χ0n) is 10.3. The number of aromatic carboxylic acids is 1. The second kappa shape index (κ2) is 5.66. The fraction of sp³-hybridized carbons (Fsp3) is 0.250. The lowest BCUT2D eigenvalue weighted by molar-refractivity contribution is 0.0697. The van der Waals surface area contributed by atoms with E-state index in [1.165, 1.54) is 17.4 Å². The van der Waals surface area contributed by atoms with E-state index in [4.69, 9.17) is 5.11 Å². The summed E-state index contributed by atoms with van der Waals surface area (Å²) < 4.78 is 0.623. The number of aromatic nitrogens is 2. The second-order valence-corrected chi connectivity index (χ2v) is 5.99. The smallest absolute Gasteiger partial charge is 0.339 e. The van der Waals surface area contributed by atoms with E-state index in [1.807, 2.05) is 5.38 Å². The second-order valence-electron chi connectivity index (χ2n) is 4.21. The molecule has 5 nitrogen and oxygen atoms in total. The molecule has 0 spiro atoms. The first-order chi connectivity index (χ1) is 8.97. The minimum absolute atomic E-state index is 0.107. The summed E-state index contributed by atoms with van der Waals surface area (Å²) in [5.41, 5.74) is 1.08. The third kappa shape index (κ3) is 3.30. The Morgan fingerprint density at radius 3 is 2.84 bits per heavy atom. The fourth-order valence-electron chi connectivity index (χ4n) is 1.41. The Kier molecular flexibility index (Phi) is 4.16. The standard InChI is InChI=1S/C12H12BrN3O2S/c1-6(2)9-5-19-12(15-9)16-10-8(11(17)18)3-7(13)4-14-10/h3-6H,1-2H3,(H,17,18)(H,14,15,16). The highest BCUT2D eigenvalue weighted by atomic mass is 79.9. The lowest BCUT2D eigenvalue weighted by atomic mass is 10.2. The van der Waals surface area contributed by atoms with E-state index in [2.05, 4.69) is 45.1 Å². The molecule has 0 atom stereocenters. The summed E-state index contributed by atoms with van der Waals surface area (Å²) in [6.45, 7) is 4.11. The molecule has 0 saturated carbocycles. The average Bonchev–Trinajstić information content (AvgIpc) is 2.80. The third-order valence-electron chi connectivity index (χ3n) is 2.42. The Morgan fingerprint density at radius 2 is 2.26 bits per heavy atom. The number of halogens is 1. The van der Waals surface area contributed by atoms with E-state index < -0.39 is 5.97 Å². The van der Waals surface area contributed by atoms with E-state index in [9.17, 15) is 4.79 Å². The van der Waals surface area contributed by atoms with Crippen LogP contribution in [0.2, 0.25) is 0 Å². The molecule has 0 amide bonds. The molecule has 0 aliphatic carbocycles. The first-order valence-corrected chi connectivity index (χ1v) is 7.26. The molecule has 100 valence electrons. The van der Waals surface area contributed by atoms with Gasteiger partial charge in [-0.25, -0.2) is 14.8 Å². The van der Waals surface area contributed by atoms with Crippen LogP contribution in [-0.2, 0) is 0 Å². The Morgan fingerprint density at radius 1 is 1.53 bits per heavy atom. The maximum Gasteiger partial charge on any atom is 0.339 e. The van der Waals surface area contributed by atoms with Gasteiger partial charge >= 0.3 is 5.97 Å². The summed E-state index contributed by atoms with van der Waals surface area (Å²) in [6.07, 6.45) is 1.55. The first-order valence-electron chi connectivity index (χ1n) is 5.58. The number of nitrogens with zero attached hydrogens (tertiary/aromatic N) is 2. The van der Waals surface area contributed by atoms with Crippen LogP contribution in [0.25, 0.3) is 0 Å². The maximum absolute atomic E-state index is 11.2. The summed E-state index contributed by atoms with van der Waals surface area (Å²) in [6, 6.07) is 1.51. The van der Waals surface area contributed by atoms with Crippen molar-refractivity contribution < 1.29 is 9.90 Å². The summed E-state index contributed by atoms with van der Waals surface area (Å²) in [4.78, 5) is 19.6. The molecule has 2 heterocycles. The topological polar surface area (TPSA) is 75.1 Å². The van der Waals surface area contributed by atoms with Crippen molar-refractivity contribution in [2.75, 3.05) is 5.32 Å². The molecule has 0 unspecified atom stereocenters. The van der Waals surface area contributed by atoms with Crippen LogP contribution in [0, 0.1) is 0 Å². The zero-order valence-corrected chi connectivity index (χ0v) is 12.7. The van der Waals surface area contributed by atoms with Gasteiger partial charge in [0.25, 0.3) is 0 Å². The molecule has 0 fully saturated rings. The molecular weight excluding hydrogens is 330 g/mol. The predicted octanol–water partition coefficient (Wildman–Crippen LogP) is 3.87. The first kappa shape index (κ1) is 14.0. The van der Waals surface area contributed by atoms with Gasteiger partial charge in [0.15, 0.2) is 5.13 Å². The normalized spacial score (nSPS) is 10.7. The average molecular weight is 342 g/mol. The minimum atomic E-state index is -1.03.